The van der Waals surface area contributed by atoms with E-state index >= 15 is 0 Å². The number of carboxylic acid groups (broad SMARTS) is 1. The first-order chi connectivity index (χ1) is 8.90. The lowest BCUT2D eigenvalue weighted by Crippen LogP contribution is -2.24. The molecule has 0 aliphatic carbocycles. The van der Waals surface area contributed by atoms with Gasteiger partial charge in [0.2, 0.25) is 10.0 Å². The third-order valence-corrected chi connectivity index (χ3v) is 5.25. The van der Waals surface area contributed by atoms with E-state index in [0.717, 1.165) is 0 Å². The molecular weight excluding hydrogens is 292 g/mol. The number of nitrogens with one attached hydrogen (secondary N) is 1. The standard InChI is InChI=1S/C9H10N4O4S2/c1-13-5-10-12-7(13)4-11-19(16,17)8-3-2-6(18-8)9(14)15/h2-3,5,11H,4H2,1H3,(H,14,15). The van der Waals surface area contributed by atoms with Crippen LogP contribution in [0, 0.1) is 0 Å². The molecule has 8 nitrogen and oxygen atoms in total. The Labute approximate surface area is 112 Å². The van der Waals surface area contributed by atoms with E-state index in [0.29, 0.717) is 17.2 Å². The second kappa shape index (κ2) is 5.07. The molecule has 0 atom stereocenters. The first-order valence-electron chi connectivity index (χ1n) is 5.06. The number of sulfonamides is 1. The molecule has 10 heteroatoms. The Morgan fingerprint density at radius 1 is 1.53 bits per heavy atom. The molecule has 0 spiro atoms. The molecule has 0 fully saturated rings. The van der Waals surface area contributed by atoms with Gasteiger partial charge in [0.05, 0.1) is 6.54 Å². The van der Waals surface area contributed by atoms with E-state index in [9.17, 15) is 13.2 Å². The molecule has 2 aromatic heterocycles. The molecule has 2 N–H and O–H groups in total. The third kappa shape index (κ3) is 2.97. The SMILES string of the molecule is Cn1cnnc1CNS(=O)(=O)c1ccc(C(=O)O)s1. The van der Waals surface area contributed by atoms with Gasteiger partial charge >= 0.3 is 5.97 Å². The number of hydrogen-bond acceptors (Lipinski definition) is 6. The Morgan fingerprint density at radius 2 is 2.26 bits per heavy atom. The zero-order valence-corrected chi connectivity index (χ0v) is 11.4. The number of hydrogen-bond donors (Lipinski definition) is 2. The lowest BCUT2D eigenvalue weighted by molar-refractivity contribution is 0.0702. The van der Waals surface area contributed by atoms with Crippen molar-refractivity contribution in [2.24, 2.45) is 7.05 Å². The lowest BCUT2D eigenvalue weighted by atomic mass is 10.5. The molecule has 2 aromatic rings. The summed E-state index contributed by atoms with van der Waals surface area (Å²) in [5.41, 5.74) is 0. The highest BCUT2D eigenvalue weighted by Gasteiger charge is 2.19. The monoisotopic (exact) mass is 302 g/mol. The van der Waals surface area contributed by atoms with E-state index in [-0.39, 0.29) is 15.6 Å². The molecule has 0 aliphatic rings. The zero-order chi connectivity index (χ0) is 14.0. The first-order valence-corrected chi connectivity index (χ1v) is 7.36. The molecule has 0 amide bonds. The van der Waals surface area contributed by atoms with Crippen molar-refractivity contribution in [3.8, 4) is 0 Å². The summed E-state index contributed by atoms with van der Waals surface area (Å²) in [6.45, 7) is -0.0147. The van der Waals surface area contributed by atoms with Crippen molar-refractivity contribution in [2.45, 2.75) is 10.8 Å². The lowest BCUT2D eigenvalue weighted by Gasteiger charge is -2.03. The average molecular weight is 302 g/mol. The van der Waals surface area contributed by atoms with Crippen molar-refractivity contribution in [3.05, 3.63) is 29.2 Å². The van der Waals surface area contributed by atoms with Gasteiger partial charge in [-0.15, -0.1) is 21.5 Å². The van der Waals surface area contributed by atoms with Crippen molar-refractivity contribution in [1.29, 1.82) is 0 Å². The van der Waals surface area contributed by atoms with Gasteiger partial charge in [0.1, 0.15) is 21.2 Å². The first kappa shape index (κ1) is 13.6. The molecule has 0 aromatic carbocycles. The second-order valence-corrected chi connectivity index (χ2v) is 6.68. The van der Waals surface area contributed by atoms with Crippen LogP contribution in [0.15, 0.2) is 22.7 Å². The van der Waals surface area contributed by atoms with Gasteiger partial charge in [0, 0.05) is 7.05 Å². The minimum atomic E-state index is -3.74. The van der Waals surface area contributed by atoms with Crippen LogP contribution in [-0.2, 0) is 23.6 Å². The Morgan fingerprint density at radius 3 is 2.79 bits per heavy atom. The molecule has 2 heterocycles. The van der Waals surface area contributed by atoms with Gasteiger partial charge < -0.3 is 9.67 Å². The molecule has 0 saturated heterocycles. The van der Waals surface area contributed by atoms with Crippen molar-refractivity contribution in [3.63, 3.8) is 0 Å². The maximum atomic E-state index is 11.9. The van der Waals surface area contributed by atoms with Crippen LogP contribution in [0.4, 0.5) is 0 Å². The van der Waals surface area contributed by atoms with Crippen LogP contribution in [0.3, 0.4) is 0 Å². The number of nitrogens with zero attached hydrogens (tertiary/aromatic N) is 3. The summed E-state index contributed by atoms with van der Waals surface area (Å²) in [4.78, 5) is 10.7. The topological polar surface area (TPSA) is 114 Å². The Bertz CT molecular complexity index is 703. The summed E-state index contributed by atoms with van der Waals surface area (Å²) in [6, 6.07) is 2.51. The van der Waals surface area contributed by atoms with Gasteiger partial charge in [-0.05, 0) is 12.1 Å². The Kier molecular flexibility index (Phi) is 3.64. The number of thiophene rings is 1. The van der Waals surface area contributed by atoms with E-state index in [1.165, 1.54) is 18.5 Å². The van der Waals surface area contributed by atoms with E-state index < -0.39 is 16.0 Å². The maximum Gasteiger partial charge on any atom is 0.345 e. The number of aromatic carboxylic acids is 1. The quantitative estimate of drug-likeness (QED) is 0.807. The van der Waals surface area contributed by atoms with Crippen molar-refractivity contribution < 1.29 is 18.3 Å². The summed E-state index contributed by atoms with van der Waals surface area (Å²) < 4.78 is 27.7. The fraction of sp³-hybridized carbons (Fsp3) is 0.222. The van der Waals surface area contributed by atoms with Crippen molar-refractivity contribution in [2.75, 3.05) is 0 Å². The van der Waals surface area contributed by atoms with Gasteiger partial charge in [-0.3, -0.25) is 0 Å². The third-order valence-electron chi connectivity index (χ3n) is 2.28. The minimum Gasteiger partial charge on any atom is -0.477 e. The molecule has 0 saturated carbocycles. The molecular formula is C9H10N4O4S2. The predicted molar refractivity (Wildman–Crippen MR) is 66.3 cm³/mol. The summed E-state index contributed by atoms with van der Waals surface area (Å²) in [7, 11) is -2.05. The van der Waals surface area contributed by atoms with Crippen molar-refractivity contribution in [1.82, 2.24) is 19.5 Å². The predicted octanol–water partition coefficient (Wildman–Crippen LogP) is 0.0533. The number of carboxylic acids is 1. The van der Waals surface area contributed by atoms with Crippen LogP contribution in [0.25, 0.3) is 0 Å². The largest absolute Gasteiger partial charge is 0.477 e. The maximum absolute atomic E-state index is 11.9. The normalized spacial score (nSPS) is 11.6. The van der Waals surface area contributed by atoms with Crippen molar-refractivity contribution >= 4 is 27.3 Å². The highest BCUT2D eigenvalue weighted by atomic mass is 32.2. The van der Waals surface area contributed by atoms with Gasteiger partial charge in [0.25, 0.3) is 0 Å². The molecule has 0 radical (unpaired) electrons. The minimum absolute atomic E-state index is 0.0147. The van der Waals surface area contributed by atoms with E-state index in [4.69, 9.17) is 5.11 Å². The summed E-state index contributed by atoms with van der Waals surface area (Å²) >= 11 is 0.696. The molecule has 0 aliphatic heterocycles. The summed E-state index contributed by atoms with van der Waals surface area (Å²) in [5, 5.41) is 16.1. The molecule has 0 unspecified atom stereocenters. The second-order valence-electron chi connectivity index (χ2n) is 3.61. The average Bonchev–Trinajstić information content (AvgIpc) is 2.95. The van der Waals surface area contributed by atoms with Crippen LogP contribution in [0.5, 0.6) is 0 Å². The molecule has 0 bridgehead atoms. The Hall–Kier alpha value is -1.78. The summed E-state index contributed by atoms with van der Waals surface area (Å²) in [5.74, 6) is -0.696. The highest BCUT2D eigenvalue weighted by molar-refractivity contribution is 7.91. The molecule has 19 heavy (non-hydrogen) atoms. The van der Waals surface area contributed by atoms with E-state index in [1.54, 1.807) is 11.6 Å². The van der Waals surface area contributed by atoms with Crippen LogP contribution < -0.4 is 4.72 Å². The summed E-state index contributed by atoms with van der Waals surface area (Å²) in [6.07, 6.45) is 1.46. The number of aryl methyl sites for hydroxylation is 1. The number of rotatable bonds is 5. The fourth-order valence-electron chi connectivity index (χ4n) is 1.28. The molecule has 102 valence electrons. The fourth-order valence-corrected chi connectivity index (χ4v) is 3.45. The Balaban J connectivity index is 2.14. The highest BCUT2D eigenvalue weighted by Crippen LogP contribution is 2.21. The van der Waals surface area contributed by atoms with Crippen LogP contribution >= 0.6 is 11.3 Å². The van der Waals surface area contributed by atoms with Gasteiger partial charge in [-0.1, -0.05) is 0 Å². The van der Waals surface area contributed by atoms with Crippen LogP contribution in [0.1, 0.15) is 15.5 Å². The molecule has 2 rings (SSSR count). The van der Waals surface area contributed by atoms with Gasteiger partial charge in [-0.2, -0.15) is 0 Å². The van der Waals surface area contributed by atoms with Gasteiger partial charge in [0.15, 0.2) is 0 Å². The zero-order valence-electron chi connectivity index (χ0n) is 9.77. The van der Waals surface area contributed by atoms with E-state index in [1.807, 2.05) is 0 Å². The smallest absolute Gasteiger partial charge is 0.345 e. The number of aromatic nitrogens is 3. The van der Waals surface area contributed by atoms with Crippen LogP contribution in [0.2, 0.25) is 0 Å². The number of carbonyl (C=O) groups is 1. The van der Waals surface area contributed by atoms with Gasteiger partial charge in [-0.25, -0.2) is 17.9 Å². The van der Waals surface area contributed by atoms with Crippen LogP contribution in [-0.4, -0.2) is 34.3 Å². The van der Waals surface area contributed by atoms with E-state index in [2.05, 4.69) is 14.9 Å².